The van der Waals surface area contributed by atoms with Crippen molar-refractivity contribution in [2.24, 2.45) is 5.73 Å². The van der Waals surface area contributed by atoms with E-state index in [-0.39, 0.29) is 0 Å². The van der Waals surface area contributed by atoms with Crippen molar-refractivity contribution in [1.29, 1.82) is 0 Å². The molecule has 0 amide bonds. The number of halogens is 3. The first-order chi connectivity index (χ1) is 7.25. The van der Waals surface area contributed by atoms with Crippen molar-refractivity contribution in [3.8, 4) is 5.75 Å². The van der Waals surface area contributed by atoms with E-state index in [1.807, 2.05) is 0 Å². The smallest absolute Gasteiger partial charge is 0.407 e. The fraction of sp³-hybridized carbons (Fsp3) is 0.222. The van der Waals surface area contributed by atoms with Crippen molar-refractivity contribution in [3.05, 3.63) is 29.3 Å². The maximum absolute atomic E-state index is 12.3. The molecule has 0 heterocycles. The van der Waals surface area contributed by atoms with E-state index >= 15 is 0 Å². The number of carbonyl (C=O) groups is 1. The molecule has 16 heavy (non-hydrogen) atoms. The van der Waals surface area contributed by atoms with Gasteiger partial charge in [0.25, 0.3) is 0 Å². The molecule has 88 valence electrons. The van der Waals surface area contributed by atoms with Gasteiger partial charge in [0, 0.05) is 5.56 Å². The van der Waals surface area contributed by atoms with Gasteiger partial charge < -0.3 is 15.9 Å². The molecule has 0 fully saturated rings. The first kappa shape index (κ1) is 12.3. The average Bonchev–Trinajstić information content (AvgIpc) is 2.15. The third-order valence-corrected chi connectivity index (χ3v) is 1.99. The number of hydrogen-bond acceptors (Lipinski definition) is 3. The minimum absolute atomic E-state index is 0.614. The van der Waals surface area contributed by atoms with Crippen molar-refractivity contribution in [2.75, 3.05) is 0 Å². The zero-order chi connectivity index (χ0) is 12.5. The highest BCUT2D eigenvalue weighted by atomic mass is 19.4. The molecule has 0 aliphatic rings. The summed E-state index contributed by atoms with van der Waals surface area (Å²) < 4.78 is 36.8. The zero-order valence-electron chi connectivity index (χ0n) is 7.82. The molecule has 1 aromatic carbocycles. The van der Waals surface area contributed by atoms with Crippen LogP contribution in [0.4, 0.5) is 13.2 Å². The van der Waals surface area contributed by atoms with Crippen LogP contribution in [-0.4, -0.2) is 22.4 Å². The number of carboxylic acids is 1. The van der Waals surface area contributed by atoms with Gasteiger partial charge >= 0.3 is 12.1 Å². The van der Waals surface area contributed by atoms with Gasteiger partial charge in [-0.3, -0.25) is 0 Å². The van der Waals surface area contributed by atoms with Crippen LogP contribution in [0.1, 0.15) is 22.0 Å². The summed E-state index contributed by atoms with van der Waals surface area (Å²) in [5.41, 5.74) is 3.59. The van der Waals surface area contributed by atoms with E-state index < -0.39 is 35.1 Å². The Morgan fingerprint density at radius 2 is 1.94 bits per heavy atom. The van der Waals surface area contributed by atoms with Gasteiger partial charge in [-0.25, -0.2) is 4.79 Å². The van der Waals surface area contributed by atoms with Crippen molar-refractivity contribution >= 4 is 5.97 Å². The largest absolute Gasteiger partial charge is 0.507 e. The van der Waals surface area contributed by atoms with Gasteiger partial charge in [0.2, 0.25) is 0 Å². The van der Waals surface area contributed by atoms with Gasteiger partial charge in [-0.1, -0.05) is 12.1 Å². The van der Waals surface area contributed by atoms with Crippen molar-refractivity contribution in [1.82, 2.24) is 0 Å². The van der Waals surface area contributed by atoms with Gasteiger partial charge in [0.05, 0.1) is 0 Å². The summed E-state index contributed by atoms with van der Waals surface area (Å²) in [6, 6.07) is 0.598. The topological polar surface area (TPSA) is 83.6 Å². The summed E-state index contributed by atoms with van der Waals surface area (Å²) in [7, 11) is 0. The summed E-state index contributed by atoms with van der Waals surface area (Å²) in [4.78, 5) is 10.6. The molecule has 0 bridgehead atoms. The Balaban J connectivity index is 3.26. The Hall–Kier alpha value is -1.76. The van der Waals surface area contributed by atoms with Crippen molar-refractivity contribution < 1.29 is 28.2 Å². The van der Waals surface area contributed by atoms with Crippen LogP contribution in [0.25, 0.3) is 0 Å². The van der Waals surface area contributed by atoms with E-state index in [2.05, 4.69) is 0 Å². The van der Waals surface area contributed by atoms with E-state index in [4.69, 9.17) is 10.8 Å². The number of carboxylic acid groups (broad SMARTS) is 1. The normalized spacial score (nSPS) is 13.5. The van der Waals surface area contributed by atoms with Crippen LogP contribution in [-0.2, 0) is 0 Å². The number of para-hydroxylation sites is 1. The monoisotopic (exact) mass is 235 g/mol. The fourth-order valence-corrected chi connectivity index (χ4v) is 1.16. The molecule has 0 aromatic heterocycles. The fourth-order valence-electron chi connectivity index (χ4n) is 1.16. The van der Waals surface area contributed by atoms with Crippen molar-refractivity contribution in [3.63, 3.8) is 0 Å². The number of rotatable bonds is 2. The molecule has 0 aliphatic heterocycles. The Morgan fingerprint density at radius 1 is 1.38 bits per heavy atom. The Bertz CT molecular complexity index is 417. The second-order valence-corrected chi connectivity index (χ2v) is 3.07. The lowest BCUT2D eigenvalue weighted by molar-refractivity contribution is -0.149. The summed E-state index contributed by atoms with van der Waals surface area (Å²) in [5, 5.41) is 17.9. The maximum atomic E-state index is 12.3. The molecule has 1 aromatic rings. The Labute approximate surface area is 88.1 Å². The Kier molecular flexibility index (Phi) is 3.09. The number of hydrogen-bond donors (Lipinski definition) is 3. The molecule has 0 aliphatic carbocycles. The molecule has 4 N–H and O–H groups in total. The summed E-state index contributed by atoms with van der Waals surface area (Å²) in [5.74, 6) is -2.48. The quantitative estimate of drug-likeness (QED) is 0.727. The first-order valence-electron chi connectivity index (χ1n) is 4.12. The summed E-state index contributed by atoms with van der Waals surface area (Å²) in [6.07, 6.45) is -4.74. The molecule has 0 spiro atoms. The molecule has 7 heteroatoms. The summed E-state index contributed by atoms with van der Waals surface area (Å²) >= 11 is 0. The number of aromatic carboxylic acids is 1. The van der Waals surface area contributed by atoms with Crippen LogP contribution in [0, 0.1) is 0 Å². The van der Waals surface area contributed by atoms with Crippen LogP contribution < -0.4 is 5.73 Å². The molecule has 0 saturated heterocycles. The van der Waals surface area contributed by atoms with E-state index in [9.17, 15) is 23.1 Å². The third-order valence-electron chi connectivity index (χ3n) is 1.99. The zero-order valence-corrected chi connectivity index (χ0v) is 7.82. The number of aromatic hydroxyl groups is 1. The number of benzene rings is 1. The molecular formula is C9H8F3NO3. The van der Waals surface area contributed by atoms with Crippen LogP contribution >= 0.6 is 0 Å². The first-order valence-corrected chi connectivity index (χ1v) is 4.12. The van der Waals surface area contributed by atoms with Gasteiger partial charge in [-0.05, 0) is 6.07 Å². The van der Waals surface area contributed by atoms with Crippen LogP contribution in [0.5, 0.6) is 5.75 Å². The van der Waals surface area contributed by atoms with E-state index in [0.29, 0.717) is 0 Å². The highest BCUT2D eigenvalue weighted by Gasteiger charge is 2.39. The lowest BCUT2D eigenvalue weighted by Gasteiger charge is -2.17. The number of phenols is 1. The maximum Gasteiger partial charge on any atom is 0.407 e. The molecule has 0 saturated carbocycles. The van der Waals surface area contributed by atoms with E-state index in [0.717, 1.165) is 18.2 Å². The van der Waals surface area contributed by atoms with Gasteiger partial charge in [-0.15, -0.1) is 0 Å². The van der Waals surface area contributed by atoms with Gasteiger partial charge in [-0.2, -0.15) is 13.2 Å². The lowest BCUT2D eigenvalue weighted by Crippen LogP contribution is -2.28. The van der Waals surface area contributed by atoms with Gasteiger partial charge in [0.1, 0.15) is 17.4 Å². The third kappa shape index (κ3) is 2.25. The second kappa shape index (κ2) is 4.01. The van der Waals surface area contributed by atoms with Gasteiger partial charge in [0.15, 0.2) is 0 Å². The Morgan fingerprint density at radius 3 is 2.38 bits per heavy atom. The predicted octanol–water partition coefficient (Wildman–Crippen LogP) is 1.65. The van der Waals surface area contributed by atoms with Crippen LogP contribution in [0.15, 0.2) is 18.2 Å². The highest BCUT2D eigenvalue weighted by Crippen LogP contribution is 2.36. The molecule has 1 rings (SSSR count). The second-order valence-electron chi connectivity index (χ2n) is 3.07. The molecular weight excluding hydrogens is 227 g/mol. The van der Waals surface area contributed by atoms with Crippen LogP contribution in [0.2, 0.25) is 0 Å². The minimum atomic E-state index is -4.74. The molecule has 0 radical (unpaired) electrons. The van der Waals surface area contributed by atoms with Crippen molar-refractivity contribution in [2.45, 2.75) is 12.2 Å². The number of nitrogens with two attached hydrogens (primary N) is 1. The minimum Gasteiger partial charge on any atom is -0.507 e. The predicted molar refractivity (Wildman–Crippen MR) is 48.0 cm³/mol. The SMILES string of the molecule is N[C@H](c1cccc(C(=O)O)c1O)C(F)(F)F. The van der Waals surface area contributed by atoms with E-state index in [1.54, 1.807) is 0 Å². The molecule has 4 nitrogen and oxygen atoms in total. The average molecular weight is 235 g/mol. The highest BCUT2D eigenvalue weighted by molar-refractivity contribution is 5.91. The standard InChI is InChI=1S/C9H8F3NO3/c10-9(11,12)7(13)4-2-1-3-5(6(4)14)8(15)16/h1-3,7,14H,13H2,(H,15,16)/t7-/m1/s1. The van der Waals surface area contributed by atoms with Crippen LogP contribution in [0.3, 0.4) is 0 Å². The molecule has 1 atom stereocenters. The lowest BCUT2D eigenvalue weighted by atomic mass is 10.0. The summed E-state index contributed by atoms with van der Waals surface area (Å²) in [6.45, 7) is 0. The van der Waals surface area contributed by atoms with E-state index in [1.165, 1.54) is 0 Å². The number of alkyl halides is 3. The molecule has 0 unspecified atom stereocenters.